The molecule has 0 aliphatic carbocycles. The lowest BCUT2D eigenvalue weighted by Gasteiger charge is -2.33. The minimum atomic E-state index is -3.54. The van der Waals surface area contributed by atoms with E-state index >= 15 is 0 Å². The lowest BCUT2D eigenvalue weighted by Crippen LogP contribution is -2.50. The molecule has 2 aliphatic rings. The molecule has 0 aromatic heterocycles. The Morgan fingerprint density at radius 2 is 1.62 bits per heavy atom. The number of rotatable bonds is 7. The number of nitrogens with zero attached hydrogens (tertiary/aromatic N) is 3. The highest BCUT2D eigenvalue weighted by Crippen LogP contribution is 2.23. The van der Waals surface area contributed by atoms with Crippen molar-refractivity contribution in [3.8, 4) is 0 Å². The van der Waals surface area contributed by atoms with Crippen LogP contribution in [0.25, 0.3) is 0 Å². The topological polar surface area (TPSA) is 107 Å². The van der Waals surface area contributed by atoms with E-state index in [-0.39, 0.29) is 23.1 Å². The zero-order chi connectivity index (χ0) is 21.1. The van der Waals surface area contributed by atoms with Gasteiger partial charge in [-0.1, -0.05) is 6.07 Å². The van der Waals surface area contributed by atoms with E-state index in [4.69, 9.17) is 0 Å². The van der Waals surface area contributed by atoms with Gasteiger partial charge in [-0.2, -0.15) is 8.61 Å². The number of nitrogens with one attached hydrogen (secondary N) is 1. The summed E-state index contributed by atoms with van der Waals surface area (Å²) in [5.74, 6) is -0.183. The summed E-state index contributed by atoms with van der Waals surface area (Å²) in [6.45, 7) is 4.50. The third kappa shape index (κ3) is 5.34. The summed E-state index contributed by atoms with van der Waals surface area (Å²) >= 11 is 0. The molecule has 0 saturated carbocycles. The zero-order valence-electron chi connectivity index (χ0n) is 16.6. The number of carbonyl (C=O) groups excluding carboxylic acids is 1. The van der Waals surface area contributed by atoms with Crippen LogP contribution in [0.1, 0.15) is 19.8 Å². The van der Waals surface area contributed by atoms with Crippen molar-refractivity contribution in [3.05, 3.63) is 24.3 Å². The summed E-state index contributed by atoms with van der Waals surface area (Å²) in [6.07, 6.45) is 1.73. The maximum absolute atomic E-state index is 12.7. The molecule has 9 nitrogen and oxygen atoms in total. The van der Waals surface area contributed by atoms with E-state index in [1.807, 2.05) is 4.90 Å². The molecule has 29 heavy (non-hydrogen) atoms. The van der Waals surface area contributed by atoms with Gasteiger partial charge in [0.2, 0.25) is 26.0 Å². The molecular formula is C18H28N4O5S2. The maximum atomic E-state index is 12.7. The Kier molecular flexibility index (Phi) is 6.94. The SMILES string of the molecule is CCS(=O)(=O)N1CCN(CC(=O)Nc2cccc(S(=O)(=O)N3CCCC3)c2)CC1. The van der Waals surface area contributed by atoms with Crippen molar-refractivity contribution in [2.24, 2.45) is 0 Å². The van der Waals surface area contributed by atoms with Gasteiger partial charge in [0, 0.05) is 45.0 Å². The van der Waals surface area contributed by atoms with E-state index in [1.165, 1.54) is 20.7 Å². The van der Waals surface area contributed by atoms with Crippen molar-refractivity contribution in [2.45, 2.75) is 24.7 Å². The van der Waals surface area contributed by atoms with Gasteiger partial charge in [0.1, 0.15) is 0 Å². The third-order valence-corrected chi connectivity index (χ3v) is 9.05. The van der Waals surface area contributed by atoms with Crippen molar-refractivity contribution >= 4 is 31.6 Å². The minimum absolute atomic E-state index is 0.0736. The molecule has 0 radical (unpaired) electrons. The van der Waals surface area contributed by atoms with Gasteiger partial charge in [-0.15, -0.1) is 0 Å². The van der Waals surface area contributed by atoms with Crippen LogP contribution < -0.4 is 5.32 Å². The van der Waals surface area contributed by atoms with Crippen LogP contribution in [0, 0.1) is 0 Å². The standard InChI is InChI=1S/C18H28N4O5S2/c1-2-28(24,25)21-12-10-20(11-13-21)15-18(23)19-16-6-5-7-17(14-16)29(26,27)22-8-3-4-9-22/h5-7,14H,2-4,8-13,15H2,1H3,(H,19,23). The summed E-state index contributed by atoms with van der Waals surface area (Å²) in [6, 6.07) is 6.30. The number of hydrogen-bond donors (Lipinski definition) is 1. The van der Waals surface area contributed by atoms with Crippen LogP contribution in [0.3, 0.4) is 0 Å². The second kappa shape index (κ2) is 9.09. The second-order valence-corrected chi connectivity index (χ2v) is 11.5. The molecule has 1 amide bonds. The Morgan fingerprint density at radius 3 is 2.24 bits per heavy atom. The number of piperazine rings is 1. The Morgan fingerprint density at radius 1 is 0.966 bits per heavy atom. The van der Waals surface area contributed by atoms with Gasteiger partial charge >= 0.3 is 0 Å². The molecular weight excluding hydrogens is 416 g/mol. The van der Waals surface area contributed by atoms with Crippen molar-refractivity contribution in [2.75, 3.05) is 56.9 Å². The lowest BCUT2D eigenvalue weighted by atomic mass is 10.3. The number of amides is 1. The molecule has 3 rings (SSSR count). The molecule has 1 aromatic rings. The van der Waals surface area contributed by atoms with Crippen molar-refractivity contribution in [3.63, 3.8) is 0 Å². The fourth-order valence-electron chi connectivity index (χ4n) is 3.56. The summed E-state index contributed by atoms with van der Waals surface area (Å²) in [5.41, 5.74) is 0.433. The van der Waals surface area contributed by atoms with Gasteiger partial charge in [0.25, 0.3) is 0 Å². The molecule has 162 valence electrons. The molecule has 0 spiro atoms. The van der Waals surface area contributed by atoms with E-state index in [2.05, 4.69) is 5.32 Å². The third-order valence-electron chi connectivity index (χ3n) is 5.28. The first kappa shape index (κ1) is 22.2. The van der Waals surface area contributed by atoms with Crippen LogP contribution in [0.2, 0.25) is 0 Å². The fourth-order valence-corrected chi connectivity index (χ4v) is 6.21. The molecule has 2 aliphatic heterocycles. The first-order chi connectivity index (χ1) is 13.7. The van der Waals surface area contributed by atoms with E-state index in [0.717, 1.165) is 12.8 Å². The average Bonchev–Trinajstić information content (AvgIpc) is 3.24. The monoisotopic (exact) mass is 444 g/mol. The quantitative estimate of drug-likeness (QED) is 0.651. The van der Waals surface area contributed by atoms with Crippen molar-refractivity contribution in [1.82, 2.24) is 13.5 Å². The molecule has 2 fully saturated rings. The van der Waals surface area contributed by atoms with E-state index in [1.54, 1.807) is 19.1 Å². The highest BCUT2D eigenvalue weighted by atomic mass is 32.2. The molecule has 2 saturated heterocycles. The van der Waals surface area contributed by atoms with E-state index < -0.39 is 20.0 Å². The molecule has 0 unspecified atom stereocenters. The lowest BCUT2D eigenvalue weighted by molar-refractivity contribution is -0.117. The van der Waals surface area contributed by atoms with E-state index in [0.29, 0.717) is 45.0 Å². The summed E-state index contributed by atoms with van der Waals surface area (Å²) in [4.78, 5) is 14.5. The van der Waals surface area contributed by atoms with E-state index in [9.17, 15) is 21.6 Å². The molecule has 1 aromatic carbocycles. The van der Waals surface area contributed by atoms with Crippen LogP contribution in [-0.4, -0.2) is 87.8 Å². The van der Waals surface area contributed by atoms with Crippen molar-refractivity contribution < 1.29 is 21.6 Å². The molecule has 2 heterocycles. The van der Waals surface area contributed by atoms with Crippen LogP contribution in [0.5, 0.6) is 0 Å². The number of carbonyl (C=O) groups is 1. The molecule has 11 heteroatoms. The average molecular weight is 445 g/mol. The predicted octanol–water partition coefficient (Wildman–Crippen LogP) is 0.377. The Balaban J connectivity index is 1.56. The normalized spacial score (nSPS) is 20.0. The highest BCUT2D eigenvalue weighted by molar-refractivity contribution is 7.89. The van der Waals surface area contributed by atoms with Gasteiger partial charge in [0.15, 0.2) is 0 Å². The van der Waals surface area contributed by atoms with Gasteiger partial charge in [-0.3, -0.25) is 9.69 Å². The first-order valence-electron chi connectivity index (χ1n) is 9.82. The molecule has 0 atom stereocenters. The second-order valence-electron chi connectivity index (χ2n) is 7.26. The van der Waals surface area contributed by atoms with Gasteiger partial charge in [-0.25, -0.2) is 16.8 Å². The Labute approximate surface area is 172 Å². The van der Waals surface area contributed by atoms with Crippen LogP contribution >= 0.6 is 0 Å². The summed E-state index contributed by atoms with van der Waals surface area (Å²) in [7, 11) is -6.74. The molecule has 0 bridgehead atoms. The summed E-state index contributed by atoms with van der Waals surface area (Å²) in [5, 5.41) is 2.75. The predicted molar refractivity (Wildman–Crippen MR) is 111 cm³/mol. The maximum Gasteiger partial charge on any atom is 0.243 e. The molecule has 1 N–H and O–H groups in total. The number of benzene rings is 1. The number of sulfonamides is 2. The minimum Gasteiger partial charge on any atom is -0.325 e. The largest absolute Gasteiger partial charge is 0.325 e. The van der Waals surface area contributed by atoms with Gasteiger partial charge < -0.3 is 5.32 Å². The number of hydrogen-bond acceptors (Lipinski definition) is 6. The highest BCUT2D eigenvalue weighted by Gasteiger charge is 2.28. The smallest absolute Gasteiger partial charge is 0.243 e. The van der Waals surface area contributed by atoms with Crippen LogP contribution in [0.4, 0.5) is 5.69 Å². The first-order valence-corrected chi connectivity index (χ1v) is 12.9. The Hall–Kier alpha value is -1.53. The number of anilines is 1. The van der Waals surface area contributed by atoms with Gasteiger partial charge in [-0.05, 0) is 38.0 Å². The van der Waals surface area contributed by atoms with Gasteiger partial charge in [0.05, 0.1) is 17.2 Å². The summed E-state index contributed by atoms with van der Waals surface area (Å²) < 4.78 is 52.1. The zero-order valence-corrected chi connectivity index (χ0v) is 18.2. The fraction of sp³-hybridized carbons (Fsp3) is 0.611. The van der Waals surface area contributed by atoms with Crippen molar-refractivity contribution in [1.29, 1.82) is 0 Å². The van der Waals surface area contributed by atoms with Crippen LogP contribution in [-0.2, 0) is 24.8 Å². The van der Waals surface area contributed by atoms with Crippen LogP contribution in [0.15, 0.2) is 29.2 Å². The Bertz CT molecular complexity index is 935.